The van der Waals surface area contributed by atoms with Gasteiger partial charge in [-0.2, -0.15) is 5.26 Å². The Bertz CT molecular complexity index is 546. The highest BCUT2D eigenvalue weighted by Crippen LogP contribution is 2.22. The topological polar surface area (TPSA) is 33.0 Å². The van der Waals surface area contributed by atoms with Crippen LogP contribution in [0.5, 0.6) is 5.75 Å². The van der Waals surface area contributed by atoms with Crippen LogP contribution in [0.2, 0.25) is 5.02 Å². The molecule has 3 heteroatoms. The van der Waals surface area contributed by atoms with E-state index in [1.165, 1.54) is 0 Å². The molecule has 2 rings (SSSR count). The summed E-state index contributed by atoms with van der Waals surface area (Å²) in [7, 11) is 0. The molecule has 0 amide bonds. The SMILES string of the molecule is N#Cc1cc(Cl)ccc1OCc1ccccc1. The van der Waals surface area contributed by atoms with Crippen molar-refractivity contribution >= 4 is 11.6 Å². The molecule has 0 aromatic heterocycles. The van der Waals surface area contributed by atoms with Gasteiger partial charge in [0.25, 0.3) is 0 Å². The number of nitrogens with zero attached hydrogens (tertiary/aromatic N) is 1. The molecule has 0 bridgehead atoms. The van der Waals surface area contributed by atoms with Crippen LogP contribution >= 0.6 is 11.6 Å². The first-order chi connectivity index (χ1) is 8.29. The minimum atomic E-state index is 0.442. The minimum absolute atomic E-state index is 0.442. The third-order valence-corrected chi connectivity index (χ3v) is 2.53. The van der Waals surface area contributed by atoms with Gasteiger partial charge in [0, 0.05) is 5.02 Å². The van der Waals surface area contributed by atoms with Gasteiger partial charge in [0.1, 0.15) is 18.4 Å². The maximum Gasteiger partial charge on any atom is 0.137 e. The molecule has 0 spiro atoms. The molecular formula is C14H10ClNO. The Kier molecular flexibility index (Phi) is 3.64. The number of rotatable bonds is 3. The molecule has 84 valence electrons. The smallest absolute Gasteiger partial charge is 0.137 e. The summed E-state index contributed by atoms with van der Waals surface area (Å²) in [6.07, 6.45) is 0. The van der Waals surface area contributed by atoms with Gasteiger partial charge >= 0.3 is 0 Å². The zero-order valence-corrected chi connectivity index (χ0v) is 9.82. The van der Waals surface area contributed by atoms with Crippen LogP contribution in [0.25, 0.3) is 0 Å². The Hall–Kier alpha value is -1.98. The van der Waals surface area contributed by atoms with Gasteiger partial charge in [-0.15, -0.1) is 0 Å². The number of nitriles is 1. The minimum Gasteiger partial charge on any atom is -0.488 e. The molecule has 0 radical (unpaired) electrons. The highest BCUT2D eigenvalue weighted by molar-refractivity contribution is 6.30. The maximum atomic E-state index is 8.95. The van der Waals surface area contributed by atoms with E-state index in [0.29, 0.717) is 22.9 Å². The van der Waals surface area contributed by atoms with Crippen LogP contribution in [-0.4, -0.2) is 0 Å². The molecule has 17 heavy (non-hydrogen) atoms. The van der Waals surface area contributed by atoms with E-state index in [1.807, 2.05) is 30.3 Å². The zero-order valence-electron chi connectivity index (χ0n) is 9.06. The van der Waals surface area contributed by atoms with Crippen molar-refractivity contribution < 1.29 is 4.74 Å². The van der Waals surface area contributed by atoms with Crippen molar-refractivity contribution in [3.8, 4) is 11.8 Å². The summed E-state index contributed by atoms with van der Waals surface area (Å²) >= 11 is 5.81. The van der Waals surface area contributed by atoms with Crippen molar-refractivity contribution in [1.82, 2.24) is 0 Å². The average Bonchev–Trinajstić information content (AvgIpc) is 2.38. The molecule has 2 nitrogen and oxygen atoms in total. The van der Waals surface area contributed by atoms with E-state index < -0.39 is 0 Å². The Labute approximate surface area is 105 Å². The molecule has 2 aromatic rings. The number of ether oxygens (including phenoxy) is 1. The fourth-order valence-electron chi connectivity index (χ4n) is 1.45. The van der Waals surface area contributed by atoms with Crippen LogP contribution in [0.1, 0.15) is 11.1 Å². The van der Waals surface area contributed by atoms with Crippen molar-refractivity contribution in [1.29, 1.82) is 5.26 Å². The predicted molar refractivity (Wildman–Crippen MR) is 66.9 cm³/mol. The first-order valence-corrected chi connectivity index (χ1v) is 5.54. The number of benzene rings is 2. The van der Waals surface area contributed by atoms with Crippen molar-refractivity contribution in [2.75, 3.05) is 0 Å². The molecule has 0 heterocycles. The average molecular weight is 244 g/mol. The van der Waals surface area contributed by atoms with Gasteiger partial charge in [0.05, 0.1) is 5.56 Å². The molecule has 0 aliphatic rings. The lowest BCUT2D eigenvalue weighted by Crippen LogP contribution is -1.96. The number of halogens is 1. The van der Waals surface area contributed by atoms with Crippen LogP contribution in [0.15, 0.2) is 48.5 Å². The second-order valence-corrected chi connectivity index (χ2v) is 3.96. The number of hydrogen-bond donors (Lipinski definition) is 0. The monoisotopic (exact) mass is 243 g/mol. The molecule has 0 fully saturated rings. The third kappa shape index (κ3) is 2.99. The molecular weight excluding hydrogens is 234 g/mol. The fraction of sp³-hybridized carbons (Fsp3) is 0.0714. The zero-order chi connectivity index (χ0) is 12.1. The van der Waals surface area contributed by atoms with Gasteiger partial charge in [-0.25, -0.2) is 0 Å². The molecule has 2 aromatic carbocycles. The quantitative estimate of drug-likeness (QED) is 0.822. The highest BCUT2D eigenvalue weighted by atomic mass is 35.5. The lowest BCUT2D eigenvalue weighted by Gasteiger charge is -2.07. The normalized spacial score (nSPS) is 9.65. The molecule has 0 atom stereocenters. The largest absolute Gasteiger partial charge is 0.488 e. The summed E-state index contributed by atoms with van der Waals surface area (Å²) < 4.78 is 5.59. The summed E-state index contributed by atoms with van der Waals surface area (Å²) in [5.74, 6) is 0.556. The first kappa shape index (κ1) is 11.5. The van der Waals surface area contributed by atoms with Crippen molar-refractivity contribution in [3.05, 3.63) is 64.7 Å². The van der Waals surface area contributed by atoms with Gasteiger partial charge in [-0.1, -0.05) is 41.9 Å². The fourth-order valence-corrected chi connectivity index (χ4v) is 1.62. The second-order valence-electron chi connectivity index (χ2n) is 3.53. The molecule has 0 unspecified atom stereocenters. The van der Waals surface area contributed by atoms with Crippen LogP contribution in [0.3, 0.4) is 0 Å². The Morgan fingerprint density at radius 3 is 2.59 bits per heavy atom. The molecule has 0 aliphatic carbocycles. The van der Waals surface area contributed by atoms with E-state index in [4.69, 9.17) is 21.6 Å². The lowest BCUT2D eigenvalue weighted by molar-refractivity contribution is 0.305. The third-order valence-electron chi connectivity index (χ3n) is 2.30. The summed E-state index contributed by atoms with van der Waals surface area (Å²) in [4.78, 5) is 0. The van der Waals surface area contributed by atoms with Crippen LogP contribution in [-0.2, 0) is 6.61 Å². The summed E-state index contributed by atoms with van der Waals surface area (Å²) in [5.41, 5.74) is 1.51. The lowest BCUT2D eigenvalue weighted by atomic mass is 10.2. The van der Waals surface area contributed by atoms with E-state index in [2.05, 4.69) is 6.07 Å². The molecule has 0 saturated carbocycles. The Morgan fingerprint density at radius 1 is 1.12 bits per heavy atom. The summed E-state index contributed by atoms with van der Waals surface area (Å²) in [5, 5.41) is 9.49. The van der Waals surface area contributed by atoms with E-state index in [0.717, 1.165) is 5.56 Å². The highest BCUT2D eigenvalue weighted by Gasteiger charge is 2.04. The van der Waals surface area contributed by atoms with Gasteiger partial charge in [-0.05, 0) is 23.8 Å². The van der Waals surface area contributed by atoms with Gasteiger partial charge in [0.15, 0.2) is 0 Å². The van der Waals surface area contributed by atoms with Gasteiger partial charge in [0.2, 0.25) is 0 Å². The van der Waals surface area contributed by atoms with E-state index in [1.54, 1.807) is 18.2 Å². The van der Waals surface area contributed by atoms with Crippen molar-refractivity contribution in [3.63, 3.8) is 0 Å². The molecule has 0 saturated heterocycles. The Morgan fingerprint density at radius 2 is 1.88 bits per heavy atom. The van der Waals surface area contributed by atoms with Gasteiger partial charge in [-0.3, -0.25) is 0 Å². The van der Waals surface area contributed by atoms with E-state index in [9.17, 15) is 0 Å². The summed E-state index contributed by atoms with van der Waals surface area (Å²) in [6.45, 7) is 0.442. The maximum absolute atomic E-state index is 8.95. The second kappa shape index (κ2) is 5.38. The van der Waals surface area contributed by atoms with Crippen molar-refractivity contribution in [2.24, 2.45) is 0 Å². The first-order valence-electron chi connectivity index (χ1n) is 5.16. The van der Waals surface area contributed by atoms with Crippen LogP contribution in [0.4, 0.5) is 0 Å². The molecule has 0 N–H and O–H groups in total. The van der Waals surface area contributed by atoms with E-state index >= 15 is 0 Å². The van der Waals surface area contributed by atoms with Crippen molar-refractivity contribution in [2.45, 2.75) is 6.61 Å². The van der Waals surface area contributed by atoms with Gasteiger partial charge < -0.3 is 4.74 Å². The van der Waals surface area contributed by atoms with Crippen LogP contribution in [0, 0.1) is 11.3 Å². The van der Waals surface area contributed by atoms with Crippen LogP contribution < -0.4 is 4.74 Å². The number of hydrogen-bond acceptors (Lipinski definition) is 2. The summed E-state index contributed by atoms with van der Waals surface area (Å²) in [6, 6.07) is 16.9. The Balaban J connectivity index is 2.12. The molecule has 0 aliphatic heterocycles. The predicted octanol–water partition coefficient (Wildman–Crippen LogP) is 3.79. The van der Waals surface area contributed by atoms with E-state index in [-0.39, 0.29) is 0 Å². The standard InChI is InChI=1S/C14H10ClNO/c15-13-6-7-14(12(8-13)9-16)17-10-11-4-2-1-3-5-11/h1-8H,10H2.